The van der Waals surface area contributed by atoms with Crippen molar-refractivity contribution in [2.75, 3.05) is 51.3 Å². The standard InChI is InChI=1S/C36H37N9O3/c1-42-23-38-34(41-42)26-5-3-24(4-6-26)25-11-15-44(16-12-25)32(46)21-43-17-13-36(22-43)14-18-45(35(36)47)27-7-9-30-29(19-27)33(40-39-30)31-10-8-28(48-2)20-37-31/h3-11,19-20,23H,12-18,21-22H2,1-2H3,(H,39,40)/t36-/m0/s1. The maximum Gasteiger partial charge on any atom is 0.237 e. The number of methoxy groups -OCH3 is 1. The van der Waals surface area contributed by atoms with Gasteiger partial charge in [-0.1, -0.05) is 30.3 Å². The van der Waals surface area contributed by atoms with E-state index in [0.717, 1.165) is 64.9 Å². The highest BCUT2D eigenvalue weighted by Gasteiger charge is 2.51. The van der Waals surface area contributed by atoms with E-state index in [1.54, 1.807) is 24.3 Å². The van der Waals surface area contributed by atoms with E-state index in [1.807, 2.05) is 59.3 Å². The molecule has 12 heteroatoms. The Bertz CT molecular complexity index is 2030. The molecule has 2 fully saturated rings. The lowest BCUT2D eigenvalue weighted by Crippen LogP contribution is -2.43. The van der Waals surface area contributed by atoms with E-state index >= 15 is 0 Å². The van der Waals surface area contributed by atoms with Gasteiger partial charge in [-0.25, -0.2) is 4.98 Å². The molecule has 0 aliphatic carbocycles. The summed E-state index contributed by atoms with van der Waals surface area (Å²) in [6, 6.07) is 18.0. The molecule has 1 N–H and O–H groups in total. The fourth-order valence-electron chi connectivity index (χ4n) is 7.30. The minimum atomic E-state index is -0.460. The van der Waals surface area contributed by atoms with Gasteiger partial charge < -0.3 is 14.5 Å². The maximum absolute atomic E-state index is 14.0. The summed E-state index contributed by atoms with van der Waals surface area (Å²) >= 11 is 0. The molecular formula is C36H37N9O3. The second kappa shape index (κ2) is 12.0. The number of pyridine rings is 1. The van der Waals surface area contributed by atoms with Crippen molar-refractivity contribution in [1.82, 2.24) is 39.7 Å². The number of hydrogen-bond acceptors (Lipinski definition) is 8. The quantitative estimate of drug-likeness (QED) is 0.280. The number of aromatic amines is 1. The Balaban J connectivity index is 0.893. The molecule has 8 rings (SSSR count). The van der Waals surface area contributed by atoms with E-state index in [2.05, 4.69) is 48.4 Å². The van der Waals surface area contributed by atoms with Crippen LogP contribution in [-0.4, -0.2) is 97.9 Å². The summed E-state index contributed by atoms with van der Waals surface area (Å²) in [7, 11) is 3.47. The molecule has 0 unspecified atom stereocenters. The van der Waals surface area contributed by atoms with Crippen molar-refractivity contribution in [1.29, 1.82) is 0 Å². The summed E-state index contributed by atoms with van der Waals surface area (Å²) in [4.78, 5) is 42.2. The first-order valence-corrected chi connectivity index (χ1v) is 16.4. The third-order valence-corrected chi connectivity index (χ3v) is 10.1. The molecule has 0 saturated carbocycles. The second-order valence-corrected chi connectivity index (χ2v) is 13.0. The summed E-state index contributed by atoms with van der Waals surface area (Å²) < 4.78 is 6.94. The molecular weight excluding hydrogens is 606 g/mol. The number of aryl methyl sites for hydroxylation is 1. The second-order valence-electron chi connectivity index (χ2n) is 13.0. The Morgan fingerprint density at radius 1 is 1.00 bits per heavy atom. The van der Waals surface area contributed by atoms with E-state index in [1.165, 1.54) is 5.57 Å². The zero-order valence-corrected chi connectivity index (χ0v) is 27.1. The highest BCUT2D eigenvalue weighted by atomic mass is 16.5. The number of anilines is 1. The summed E-state index contributed by atoms with van der Waals surface area (Å²) in [5.74, 6) is 1.65. The lowest BCUT2D eigenvalue weighted by atomic mass is 9.85. The van der Waals surface area contributed by atoms with Gasteiger partial charge in [0.05, 0.1) is 36.5 Å². The molecule has 48 heavy (non-hydrogen) atoms. The molecule has 2 amide bonds. The fourth-order valence-corrected chi connectivity index (χ4v) is 7.30. The number of benzene rings is 2. The van der Waals surface area contributed by atoms with E-state index in [9.17, 15) is 9.59 Å². The van der Waals surface area contributed by atoms with Gasteiger partial charge in [0.25, 0.3) is 0 Å². The number of hydrogen-bond donors (Lipinski definition) is 1. The Morgan fingerprint density at radius 3 is 2.56 bits per heavy atom. The normalized spacial score (nSPS) is 19.9. The molecule has 6 heterocycles. The molecule has 5 aromatic rings. The summed E-state index contributed by atoms with van der Waals surface area (Å²) in [5, 5.41) is 12.9. The average Bonchev–Trinajstić information content (AvgIpc) is 3.92. The van der Waals surface area contributed by atoms with E-state index in [0.29, 0.717) is 44.3 Å². The van der Waals surface area contributed by atoms with Gasteiger partial charge in [-0.05, 0) is 67.3 Å². The number of aromatic nitrogens is 6. The molecule has 3 aliphatic rings. The number of H-pyrrole nitrogens is 1. The molecule has 12 nitrogen and oxygen atoms in total. The molecule has 2 saturated heterocycles. The third-order valence-electron chi connectivity index (χ3n) is 10.1. The van der Waals surface area contributed by atoms with Gasteiger partial charge >= 0.3 is 0 Å². The Kier molecular flexibility index (Phi) is 7.51. The summed E-state index contributed by atoms with van der Waals surface area (Å²) in [6.07, 6.45) is 7.87. The SMILES string of the molecule is COc1ccc(-c2n[nH]c3ccc(N4CC[C@]5(CCN(CC(=O)N6CC=C(c7ccc(-c8ncn(C)n8)cc7)CC6)C5)C4=O)cc23)nc1. The number of fused-ring (bicyclic) bond motifs is 1. The van der Waals surface area contributed by atoms with Crippen LogP contribution in [0.15, 0.2) is 73.2 Å². The van der Waals surface area contributed by atoms with Crippen molar-refractivity contribution in [3.8, 4) is 28.5 Å². The first-order valence-electron chi connectivity index (χ1n) is 16.4. The summed E-state index contributed by atoms with van der Waals surface area (Å²) in [6.45, 7) is 3.61. The van der Waals surface area contributed by atoms with Crippen molar-refractivity contribution in [3.05, 3.63) is 78.8 Å². The number of carbonyl (C=O) groups excluding carboxylic acids is 2. The zero-order chi connectivity index (χ0) is 32.8. The molecule has 0 bridgehead atoms. The highest BCUT2D eigenvalue weighted by molar-refractivity contribution is 6.03. The smallest absolute Gasteiger partial charge is 0.237 e. The summed E-state index contributed by atoms with van der Waals surface area (Å²) in [5.41, 5.74) is 6.13. The predicted octanol–water partition coefficient (Wildman–Crippen LogP) is 4.17. The van der Waals surface area contributed by atoms with Crippen LogP contribution < -0.4 is 9.64 Å². The third kappa shape index (κ3) is 5.41. The zero-order valence-electron chi connectivity index (χ0n) is 27.1. The first-order chi connectivity index (χ1) is 23.4. The van der Waals surface area contributed by atoms with Gasteiger partial charge in [0.1, 0.15) is 17.8 Å². The van der Waals surface area contributed by atoms with Gasteiger partial charge in [-0.3, -0.25) is 29.3 Å². The Hall–Kier alpha value is -5.36. The van der Waals surface area contributed by atoms with Crippen LogP contribution in [0.4, 0.5) is 5.69 Å². The molecule has 1 spiro atoms. The number of ether oxygens (including phenoxy) is 1. The van der Waals surface area contributed by atoms with Gasteiger partial charge in [0.15, 0.2) is 5.82 Å². The number of nitrogens with zero attached hydrogens (tertiary/aromatic N) is 8. The highest BCUT2D eigenvalue weighted by Crippen LogP contribution is 2.43. The number of carbonyl (C=O) groups is 2. The molecule has 1 atom stereocenters. The van der Waals surface area contributed by atoms with Crippen LogP contribution >= 0.6 is 0 Å². The van der Waals surface area contributed by atoms with Crippen LogP contribution in [0.5, 0.6) is 5.75 Å². The van der Waals surface area contributed by atoms with Crippen molar-refractivity contribution in [3.63, 3.8) is 0 Å². The van der Waals surface area contributed by atoms with Crippen LogP contribution in [-0.2, 0) is 16.6 Å². The Labute approximate surface area is 278 Å². The van der Waals surface area contributed by atoms with Crippen LogP contribution in [0.25, 0.3) is 39.3 Å². The van der Waals surface area contributed by atoms with Gasteiger partial charge in [-0.2, -0.15) is 10.2 Å². The van der Waals surface area contributed by atoms with Gasteiger partial charge in [-0.15, -0.1) is 0 Å². The minimum absolute atomic E-state index is 0.117. The molecule has 3 aromatic heterocycles. The molecule has 0 radical (unpaired) electrons. The molecule has 244 valence electrons. The monoisotopic (exact) mass is 643 g/mol. The average molecular weight is 644 g/mol. The van der Waals surface area contributed by atoms with Crippen LogP contribution in [0.3, 0.4) is 0 Å². The maximum atomic E-state index is 14.0. The number of nitrogens with one attached hydrogen (secondary N) is 1. The lowest BCUT2D eigenvalue weighted by molar-refractivity contribution is -0.132. The van der Waals surface area contributed by atoms with Crippen LogP contribution in [0.2, 0.25) is 0 Å². The largest absolute Gasteiger partial charge is 0.495 e. The van der Waals surface area contributed by atoms with E-state index in [4.69, 9.17) is 4.74 Å². The molecule has 2 aromatic carbocycles. The number of amides is 2. The van der Waals surface area contributed by atoms with Gasteiger partial charge in [0.2, 0.25) is 11.8 Å². The first kappa shape index (κ1) is 30.0. The fraction of sp³-hybridized carbons (Fsp3) is 0.333. The van der Waals surface area contributed by atoms with E-state index < -0.39 is 5.41 Å². The minimum Gasteiger partial charge on any atom is -0.495 e. The Morgan fingerprint density at radius 2 is 1.83 bits per heavy atom. The van der Waals surface area contributed by atoms with Crippen molar-refractivity contribution >= 4 is 34.0 Å². The van der Waals surface area contributed by atoms with Crippen molar-refractivity contribution in [2.45, 2.75) is 19.3 Å². The van der Waals surface area contributed by atoms with Crippen molar-refractivity contribution < 1.29 is 14.3 Å². The molecule has 3 aliphatic heterocycles. The lowest BCUT2D eigenvalue weighted by Gasteiger charge is -2.29. The van der Waals surface area contributed by atoms with Crippen LogP contribution in [0.1, 0.15) is 24.8 Å². The van der Waals surface area contributed by atoms with Crippen molar-refractivity contribution in [2.24, 2.45) is 12.5 Å². The predicted molar refractivity (Wildman–Crippen MR) is 182 cm³/mol. The van der Waals surface area contributed by atoms with Gasteiger partial charge in [0, 0.05) is 49.9 Å². The number of rotatable bonds is 7. The van der Waals surface area contributed by atoms with Crippen LogP contribution in [0, 0.1) is 5.41 Å². The van der Waals surface area contributed by atoms with E-state index in [-0.39, 0.29) is 11.8 Å². The number of likely N-dealkylation sites (tertiary alicyclic amines) is 1. The topological polar surface area (TPSA) is 125 Å².